The van der Waals surface area contributed by atoms with Gasteiger partial charge in [0.1, 0.15) is 0 Å². The first kappa shape index (κ1) is 57.9. The van der Waals surface area contributed by atoms with Crippen molar-refractivity contribution in [3.8, 4) is 89.0 Å². The molecule has 0 radical (unpaired) electrons. The van der Waals surface area contributed by atoms with Crippen LogP contribution < -0.4 is 9.80 Å². The van der Waals surface area contributed by atoms with Crippen molar-refractivity contribution in [3.63, 3.8) is 0 Å². The van der Waals surface area contributed by atoms with E-state index < -0.39 is 10.8 Å². The quantitative estimate of drug-likeness (QED) is 0.126. The average Bonchev–Trinajstić information content (AvgIpc) is 1.52. The number of para-hydroxylation sites is 1. The summed E-state index contributed by atoms with van der Waals surface area (Å²) in [5.74, 6) is 0. The smallest absolute Gasteiger partial charge is 0.0725 e. The van der Waals surface area contributed by atoms with Gasteiger partial charge >= 0.3 is 0 Å². The fourth-order valence-electron chi connectivity index (χ4n) is 18.5. The van der Waals surface area contributed by atoms with E-state index in [2.05, 4.69) is 398 Å². The average molecular weight is 1290 g/mol. The molecule has 0 bridgehead atoms. The normalized spacial score (nSPS) is 13.3. The maximum atomic E-state index is 2.49. The van der Waals surface area contributed by atoms with Gasteiger partial charge in [0.2, 0.25) is 0 Å². The van der Waals surface area contributed by atoms with Gasteiger partial charge in [-0.3, -0.25) is 0 Å². The Labute approximate surface area is 594 Å². The number of nitrogens with zero attached hydrogens (tertiary/aromatic N) is 2. The molecule has 0 unspecified atom stereocenters. The van der Waals surface area contributed by atoms with E-state index in [0.29, 0.717) is 0 Å². The summed E-state index contributed by atoms with van der Waals surface area (Å²) in [7, 11) is 0. The summed E-state index contributed by atoms with van der Waals surface area (Å²) < 4.78 is 0. The molecule has 21 rings (SSSR count). The van der Waals surface area contributed by atoms with Crippen molar-refractivity contribution >= 4 is 55.7 Å². The Hall–Kier alpha value is -13.1. The van der Waals surface area contributed by atoms with Gasteiger partial charge in [-0.25, -0.2) is 0 Å². The summed E-state index contributed by atoms with van der Waals surface area (Å²) in [5, 5.41) is 4.97. The van der Waals surface area contributed by atoms with E-state index in [9.17, 15) is 0 Å². The molecule has 2 nitrogen and oxygen atoms in total. The van der Waals surface area contributed by atoms with E-state index in [0.717, 1.165) is 45.3 Å². The third-order valence-electron chi connectivity index (χ3n) is 22.7. The van der Waals surface area contributed by atoms with Gasteiger partial charge in [0.15, 0.2) is 0 Å². The second-order valence-corrected chi connectivity index (χ2v) is 27.7. The van der Waals surface area contributed by atoms with Crippen LogP contribution in [-0.4, -0.2) is 0 Å². The molecule has 4 aliphatic rings. The van der Waals surface area contributed by atoms with Crippen LogP contribution >= 0.6 is 0 Å². The van der Waals surface area contributed by atoms with Crippen LogP contribution in [0.4, 0.5) is 34.1 Å². The van der Waals surface area contributed by atoms with Crippen LogP contribution in [-0.2, 0) is 10.8 Å². The highest BCUT2D eigenvalue weighted by Crippen LogP contribution is 2.65. The number of rotatable bonds is 10. The summed E-state index contributed by atoms with van der Waals surface area (Å²) >= 11 is 0. The van der Waals surface area contributed by atoms with Crippen LogP contribution in [0.2, 0.25) is 0 Å². The van der Waals surface area contributed by atoms with Gasteiger partial charge in [0, 0.05) is 34.1 Å². The first-order chi connectivity index (χ1) is 50.6. The van der Waals surface area contributed by atoms with Gasteiger partial charge in [-0.15, -0.1) is 0 Å². The zero-order valence-corrected chi connectivity index (χ0v) is 55.8. The van der Waals surface area contributed by atoms with Crippen LogP contribution in [0.15, 0.2) is 388 Å². The molecule has 0 fully saturated rings. The molecular formula is C100H64N2. The zero-order valence-electron chi connectivity index (χ0n) is 55.8. The molecule has 0 amide bonds. The summed E-state index contributed by atoms with van der Waals surface area (Å²) in [5.41, 5.74) is 36.3. The number of hydrogen-bond donors (Lipinski definition) is 0. The molecule has 0 aliphatic heterocycles. The Bertz CT molecular complexity index is 5810. The van der Waals surface area contributed by atoms with Crippen molar-refractivity contribution in [2.75, 3.05) is 9.80 Å². The molecule has 0 atom stereocenters. The second kappa shape index (κ2) is 22.7. The van der Waals surface area contributed by atoms with Gasteiger partial charge in [-0.2, -0.15) is 0 Å². The molecule has 0 aromatic heterocycles. The monoisotopic (exact) mass is 1290 g/mol. The topological polar surface area (TPSA) is 6.48 Å². The third-order valence-corrected chi connectivity index (χ3v) is 22.7. The van der Waals surface area contributed by atoms with Gasteiger partial charge in [0.05, 0.1) is 10.8 Å². The largest absolute Gasteiger partial charge is 0.311 e. The Balaban J connectivity index is 0.675. The lowest BCUT2D eigenvalue weighted by Gasteiger charge is -2.31. The summed E-state index contributed by atoms with van der Waals surface area (Å²) in [6, 6.07) is 145. The van der Waals surface area contributed by atoms with Crippen LogP contribution in [0.3, 0.4) is 0 Å². The van der Waals surface area contributed by atoms with Crippen molar-refractivity contribution in [3.05, 3.63) is 433 Å². The van der Waals surface area contributed by atoms with Crippen molar-refractivity contribution < 1.29 is 0 Å². The Kier molecular flexibility index (Phi) is 12.9. The van der Waals surface area contributed by atoms with Crippen molar-refractivity contribution in [1.29, 1.82) is 0 Å². The number of fused-ring (bicyclic) bond motifs is 22. The Morgan fingerprint density at radius 2 is 0.363 bits per heavy atom. The summed E-state index contributed by atoms with van der Waals surface area (Å²) in [6.45, 7) is 0. The fourth-order valence-corrected chi connectivity index (χ4v) is 18.5. The van der Waals surface area contributed by atoms with Gasteiger partial charge in [0.25, 0.3) is 0 Å². The lowest BCUT2D eigenvalue weighted by Crippen LogP contribution is -2.25. The Morgan fingerprint density at radius 1 is 0.147 bits per heavy atom. The van der Waals surface area contributed by atoms with Gasteiger partial charge in [-0.05, 0) is 240 Å². The van der Waals surface area contributed by atoms with Gasteiger partial charge < -0.3 is 9.80 Å². The van der Waals surface area contributed by atoms with E-state index >= 15 is 0 Å². The molecule has 0 saturated heterocycles. The maximum Gasteiger partial charge on any atom is 0.0725 e. The molecule has 0 heterocycles. The van der Waals surface area contributed by atoms with Crippen molar-refractivity contribution in [2.45, 2.75) is 10.8 Å². The second-order valence-electron chi connectivity index (χ2n) is 27.7. The highest BCUT2D eigenvalue weighted by molar-refractivity contribution is 6.21. The van der Waals surface area contributed by atoms with Gasteiger partial charge in [-0.1, -0.05) is 303 Å². The SMILES string of the molecule is c1ccc(-c2c3ccccc3c(-c3ccc(N(c4ccccc4)c4ccc(N(c5ccc(-c6ccc7c(c6)C6(c8ccccc8-c8ccccc86)c6ccccc6-7)cc5)c5ccc(-c6ccc7c(c6)C6(c8ccccc8-c8ccccc86)c6ccccc6-7)cc5)cc4)cc3)c3ccccc23)cc1. The van der Waals surface area contributed by atoms with E-state index in [4.69, 9.17) is 0 Å². The minimum atomic E-state index is -0.427. The number of hydrogen-bond acceptors (Lipinski definition) is 2. The molecule has 2 heteroatoms. The minimum Gasteiger partial charge on any atom is -0.311 e. The molecule has 474 valence electrons. The third kappa shape index (κ3) is 8.35. The highest BCUT2D eigenvalue weighted by Gasteiger charge is 2.53. The van der Waals surface area contributed by atoms with E-state index in [-0.39, 0.29) is 0 Å². The summed E-state index contributed by atoms with van der Waals surface area (Å²) in [4.78, 5) is 4.79. The summed E-state index contributed by atoms with van der Waals surface area (Å²) in [6.07, 6.45) is 0. The van der Waals surface area contributed by atoms with Crippen LogP contribution in [0.5, 0.6) is 0 Å². The molecule has 4 aliphatic carbocycles. The lowest BCUT2D eigenvalue weighted by atomic mass is 9.70. The first-order valence-electron chi connectivity index (χ1n) is 35.5. The molecular weight excluding hydrogens is 1230 g/mol. The molecule has 0 saturated carbocycles. The molecule has 2 spiro atoms. The van der Waals surface area contributed by atoms with E-state index in [1.165, 1.54) is 144 Å². The van der Waals surface area contributed by atoms with Crippen LogP contribution in [0.25, 0.3) is 111 Å². The van der Waals surface area contributed by atoms with Crippen molar-refractivity contribution in [1.82, 2.24) is 0 Å². The number of benzene rings is 17. The predicted octanol–water partition coefficient (Wildman–Crippen LogP) is 26.3. The van der Waals surface area contributed by atoms with E-state index in [1.54, 1.807) is 0 Å². The molecule has 17 aromatic rings. The van der Waals surface area contributed by atoms with E-state index in [1.807, 2.05) is 0 Å². The van der Waals surface area contributed by atoms with Crippen LogP contribution in [0, 0.1) is 0 Å². The van der Waals surface area contributed by atoms with Crippen LogP contribution in [0.1, 0.15) is 44.5 Å². The predicted molar refractivity (Wildman–Crippen MR) is 425 cm³/mol. The molecule has 17 aromatic carbocycles. The maximum absolute atomic E-state index is 2.49. The first-order valence-corrected chi connectivity index (χ1v) is 35.5. The van der Waals surface area contributed by atoms with Crippen molar-refractivity contribution in [2.24, 2.45) is 0 Å². The lowest BCUT2D eigenvalue weighted by molar-refractivity contribution is 0.794. The number of anilines is 6. The zero-order chi connectivity index (χ0) is 67.0. The molecule has 0 N–H and O–H groups in total. The highest BCUT2D eigenvalue weighted by atomic mass is 15.2. The minimum absolute atomic E-state index is 0.427. The Morgan fingerprint density at radius 3 is 0.676 bits per heavy atom. The fraction of sp³-hybridized carbons (Fsp3) is 0.0200. The molecule has 102 heavy (non-hydrogen) atoms. The standard InChI is InChI=1S/C100H64N2/c1-3-23-67(24-4-1)97-85-33-7-9-35-87(85)98(88-36-10-8-34-86(88)97)68-47-55-74(56-48-68)101(71-25-5-2-6-26-71)75-57-59-76(60-58-75)102(72-51-43-65(44-52-72)69-49-61-83-81-31-15-21-41-93(81)99(95(83)63-69)89-37-17-11-27-77(89)78-28-12-18-38-90(78)99)73-53-45-66(46-54-73)70-50-62-84-82-32-16-22-42-94(82)100(96(84)64-70)91-39-19-13-29-79(91)80-30-14-20-40-92(80)100/h1-64H.